The number of nitrogens with zero attached hydrogens (tertiary/aromatic N) is 3. The predicted octanol–water partition coefficient (Wildman–Crippen LogP) is 2.39. The van der Waals surface area contributed by atoms with Crippen LogP contribution in [0.2, 0.25) is 0 Å². The average molecular weight is 547 g/mol. The van der Waals surface area contributed by atoms with Crippen molar-refractivity contribution in [3.8, 4) is 0 Å². The molecule has 2 N–H and O–H groups in total. The summed E-state index contributed by atoms with van der Waals surface area (Å²) in [5, 5.41) is 6.88. The molecule has 0 spiro atoms. The van der Waals surface area contributed by atoms with Crippen molar-refractivity contribution in [1.29, 1.82) is 0 Å². The van der Waals surface area contributed by atoms with Crippen molar-refractivity contribution in [3.63, 3.8) is 0 Å². The Morgan fingerprint density at radius 1 is 1.26 bits per heavy atom. The lowest BCUT2D eigenvalue weighted by Gasteiger charge is -2.32. The number of likely N-dealkylation sites (tertiary alicyclic amines) is 1. The van der Waals surface area contributed by atoms with E-state index in [-0.39, 0.29) is 47.9 Å². The Morgan fingerprint density at radius 2 is 2.00 bits per heavy atom. The second kappa shape index (κ2) is 12.6. The van der Waals surface area contributed by atoms with Gasteiger partial charge in [0.05, 0.1) is 25.8 Å². The topological polar surface area (TPSA) is 82.3 Å². The fourth-order valence-electron chi connectivity index (χ4n) is 4.04. The minimum atomic E-state index is 0. The maximum atomic E-state index is 12.3. The number of hydrogen-bond donors (Lipinski definition) is 2. The average Bonchev–Trinajstić information content (AvgIpc) is 3.37. The molecule has 0 radical (unpaired) electrons. The SMILES string of the molecule is CCNC(=NCC(c1ccc(C)o1)N1CCOCC1)NC1CCN(C(=O)C(C)C)C1.I. The van der Waals surface area contributed by atoms with E-state index >= 15 is 0 Å². The number of halogens is 1. The number of furan rings is 1. The van der Waals surface area contributed by atoms with Gasteiger partial charge in [0.25, 0.3) is 0 Å². The molecule has 2 atom stereocenters. The number of carbonyl (C=O) groups is 1. The predicted molar refractivity (Wildman–Crippen MR) is 133 cm³/mol. The Balaban J connectivity index is 0.00000341. The normalized spacial score (nSPS) is 21.1. The van der Waals surface area contributed by atoms with Crippen LogP contribution in [0.25, 0.3) is 0 Å². The van der Waals surface area contributed by atoms with Gasteiger partial charge in [-0.05, 0) is 32.4 Å². The van der Waals surface area contributed by atoms with E-state index in [4.69, 9.17) is 14.1 Å². The minimum absolute atomic E-state index is 0. The van der Waals surface area contributed by atoms with Gasteiger partial charge >= 0.3 is 0 Å². The van der Waals surface area contributed by atoms with Crippen molar-refractivity contribution in [2.24, 2.45) is 10.9 Å². The molecular formula is C22H38IN5O3. The molecule has 9 heteroatoms. The molecule has 0 aliphatic carbocycles. The number of aryl methyl sites for hydroxylation is 1. The third-order valence-corrected chi connectivity index (χ3v) is 5.68. The highest BCUT2D eigenvalue weighted by molar-refractivity contribution is 14.0. The van der Waals surface area contributed by atoms with Crippen molar-refractivity contribution in [2.45, 2.75) is 46.2 Å². The molecule has 0 aromatic carbocycles. The van der Waals surface area contributed by atoms with Crippen LogP contribution < -0.4 is 10.6 Å². The van der Waals surface area contributed by atoms with E-state index in [0.717, 1.165) is 69.8 Å². The summed E-state index contributed by atoms with van der Waals surface area (Å²) in [6.07, 6.45) is 0.938. The van der Waals surface area contributed by atoms with Crippen LogP contribution in [-0.4, -0.2) is 80.2 Å². The van der Waals surface area contributed by atoms with Crippen molar-refractivity contribution < 1.29 is 13.9 Å². The molecule has 2 aliphatic heterocycles. The van der Waals surface area contributed by atoms with Gasteiger partial charge in [0.1, 0.15) is 11.5 Å². The zero-order valence-electron chi connectivity index (χ0n) is 19.2. The minimum Gasteiger partial charge on any atom is -0.465 e. The molecule has 176 valence electrons. The van der Waals surface area contributed by atoms with Gasteiger partial charge in [-0.1, -0.05) is 13.8 Å². The van der Waals surface area contributed by atoms with Crippen LogP contribution in [0.15, 0.2) is 21.5 Å². The van der Waals surface area contributed by atoms with Crippen LogP contribution in [0.5, 0.6) is 0 Å². The van der Waals surface area contributed by atoms with Gasteiger partial charge in [0.2, 0.25) is 5.91 Å². The number of rotatable bonds is 7. The van der Waals surface area contributed by atoms with Crippen LogP contribution in [0.1, 0.15) is 44.8 Å². The highest BCUT2D eigenvalue weighted by Crippen LogP contribution is 2.24. The molecule has 2 aliphatic rings. The lowest BCUT2D eigenvalue weighted by atomic mass is 10.1. The number of hydrogen-bond acceptors (Lipinski definition) is 5. The van der Waals surface area contributed by atoms with E-state index in [0.29, 0.717) is 6.54 Å². The molecule has 1 aromatic heterocycles. The van der Waals surface area contributed by atoms with Gasteiger partial charge in [0, 0.05) is 44.7 Å². The van der Waals surface area contributed by atoms with Crippen molar-refractivity contribution in [1.82, 2.24) is 20.4 Å². The molecule has 8 nitrogen and oxygen atoms in total. The van der Waals surface area contributed by atoms with Crippen molar-refractivity contribution in [2.75, 3.05) is 52.5 Å². The summed E-state index contributed by atoms with van der Waals surface area (Å²) >= 11 is 0. The molecule has 2 unspecified atom stereocenters. The van der Waals surface area contributed by atoms with Crippen molar-refractivity contribution >= 4 is 35.8 Å². The summed E-state index contributed by atoms with van der Waals surface area (Å²) in [7, 11) is 0. The smallest absolute Gasteiger partial charge is 0.225 e. The lowest BCUT2D eigenvalue weighted by molar-refractivity contribution is -0.133. The van der Waals surface area contributed by atoms with Crippen LogP contribution in [0, 0.1) is 12.8 Å². The second-order valence-electron chi connectivity index (χ2n) is 8.40. The zero-order valence-corrected chi connectivity index (χ0v) is 21.6. The molecule has 31 heavy (non-hydrogen) atoms. The molecule has 1 aromatic rings. The fraction of sp³-hybridized carbons (Fsp3) is 0.727. The van der Waals surface area contributed by atoms with Gasteiger partial charge in [-0.15, -0.1) is 24.0 Å². The third-order valence-electron chi connectivity index (χ3n) is 5.68. The highest BCUT2D eigenvalue weighted by atomic mass is 127. The molecule has 3 rings (SSSR count). The Morgan fingerprint density at radius 3 is 2.61 bits per heavy atom. The van der Waals surface area contributed by atoms with Gasteiger partial charge in [0.15, 0.2) is 5.96 Å². The molecule has 2 saturated heterocycles. The largest absolute Gasteiger partial charge is 0.465 e. The van der Waals surface area contributed by atoms with E-state index in [1.54, 1.807) is 0 Å². The number of nitrogens with one attached hydrogen (secondary N) is 2. The number of amides is 1. The first-order chi connectivity index (χ1) is 14.5. The number of guanidine groups is 1. The van der Waals surface area contributed by atoms with Crippen LogP contribution >= 0.6 is 24.0 Å². The summed E-state index contributed by atoms with van der Waals surface area (Å²) in [6.45, 7) is 14.1. The number of ether oxygens (including phenoxy) is 1. The summed E-state index contributed by atoms with van der Waals surface area (Å²) in [5.41, 5.74) is 0. The number of aliphatic imine (C=N–C) groups is 1. The van der Waals surface area contributed by atoms with Gasteiger partial charge in [-0.2, -0.15) is 0 Å². The van der Waals surface area contributed by atoms with E-state index in [1.165, 1.54) is 0 Å². The van der Waals surface area contributed by atoms with E-state index in [1.807, 2.05) is 31.7 Å². The third kappa shape index (κ3) is 7.35. The molecule has 1 amide bonds. The first-order valence-electron chi connectivity index (χ1n) is 11.2. The lowest BCUT2D eigenvalue weighted by Crippen LogP contribution is -2.46. The van der Waals surface area contributed by atoms with Crippen LogP contribution in [0.4, 0.5) is 0 Å². The number of morpholine rings is 1. The molecule has 0 bridgehead atoms. The fourth-order valence-corrected chi connectivity index (χ4v) is 4.04. The van der Waals surface area contributed by atoms with Crippen molar-refractivity contribution in [3.05, 3.63) is 23.7 Å². The molecule has 0 saturated carbocycles. The quantitative estimate of drug-likeness (QED) is 0.310. The van der Waals surface area contributed by atoms with Gasteiger partial charge in [-0.3, -0.25) is 14.7 Å². The Hall–Kier alpha value is -1.33. The van der Waals surface area contributed by atoms with E-state index < -0.39 is 0 Å². The van der Waals surface area contributed by atoms with Crippen LogP contribution in [0.3, 0.4) is 0 Å². The maximum absolute atomic E-state index is 12.3. The van der Waals surface area contributed by atoms with Gasteiger partial charge in [-0.25, -0.2) is 0 Å². The summed E-state index contributed by atoms with van der Waals surface area (Å²) in [5.74, 6) is 2.92. The molecule has 3 heterocycles. The summed E-state index contributed by atoms with van der Waals surface area (Å²) < 4.78 is 11.5. The maximum Gasteiger partial charge on any atom is 0.225 e. The zero-order chi connectivity index (χ0) is 21.5. The van der Waals surface area contributed by atoms with Crippen LogP contribution in [-0.2, 0) is 9.53 Å². The Labute approximate surface area is 203 Å². The monoisotopic (exact) mass is 547 g/mol. The Kier molecular flexibility index (Phi) is 10.6. The molecular weight excluding hydrogens is 509 g/mol. The second-order valence-corrected chi connectivity index (χ2v) is 8.40. The highest BCUT2D eigenvalue weighted by Gasteiger charge is 2.29. The van der Waals surface area contributed by atoms with E-state index in [9.17, 15) is 4.79 Å². The summed E-state index contributed by atoms with van der Waals surface area (Å²) in [6, 6.07) is 4.37. The first kappa shape index (κ1) is 25.9. The van der Waals surface area contributed by atoms with E-state index in [2.05, 4.69) is 28.5 Å². The van der Waals surface area contributed by atoms with Gasteiger partial charge < -0.3 is 24.7 Å². The first-order valence-corrected chi connectivity index (χ1v) is 11.2. The summed E-state index contributed by atoms with van der Waals surface area (Å²) in [4.78, 5) is 21.5. The Bertz CT molecular complexity index is 718. The molecule has 2 fully saturated rings. The number of carbonyl (C=O) groups excluding carboxylic acids is 1. The standard InChI is InChI=1S/C22H37N5O3.HI/c1-5-23-22(25-18-8-9-27(15-18)21(28)16(2)3)24-14-19(20-7-6-17(4)30-20)26-10-12-29-13-11-26;/h6-7,16,18-19H,5,8-15H2,1-4H3,(H2,23,24,25);1H.